The summed E-state index contributed by atoms with van der Waals surface area (Å²) in [5.41, 5.74) is 0. The molecular weight excluding hydrogens is 182 g/mol. The van der Waals surface area contributed by atoms with E-state index in [-0.39, 0.29) is 6.10 Å². The quantitative estimate of drug-likeness (QED) is 0.615. The molecule has 0 aromatic rings. The molecule has 4 nitrogen and oxygen atoms in total. The highest BCUT2D eigenvalue weighted by molar-refractivity contribution is 5.73. The predicted molar refractivity (Wildman–Crippen MR) is 55.1 cm³/mol. The Labute approximate surface area is 85.6 Å². The van der Waals surface area contributed by atoms with E-state index in [2.05, 4.69) is 5.32 Å². The summed E-state index contributed by atoms with van der Waals surface area (Å²) >= 11 is 0. The van der Waals surface area contributed by atoms with Gasteiger partial charge in [-0.05, 0) is 26.2 Å². The summed E-state index contributed by atoms with van der Waals surface area (Å²) in [5, 5.41) is 11.7. The fraction of sp³-hybridized carbons (Fsp3) is 0.900. The second kappa shape index (κ2) is 6.79. The number of aliphatic carboxylic acids is 1. The minimum absolute atomic E-state index is 0.121. The smallest absolute Gasteiger partial charge is 0.320 e. The van der Waals surface area contributed by atoms with Crippen molar-refractivity contribution in [1.82, 2.24) is 5.32 Å². The highest BCUT2D eigenvalue weighted by Crippen LogP contribution is 2.04. The molecule has 0 amide bonds. The highest BCUT2D eigenvalue weighted by Gasteiger charge is 2.17. The molecule has 0 aromatic carbocycles. The zero-order valence-electron chi connectivity index (χ0n) is 9.41. The Morgan fingerprint density at radius 3 is 2.29 bits per heavy atom. The van der Waals surface area contributed by atoms with E-state index < -0.39 is 12.0 Å². The molecule has 0 bridgehead atoms. The molecule has 2 N–H and O–H groups in total. The Bertz CT molecular complexity index is 169. The number of carbonyl (C=O) groups is 1. The van der Waals surface area contributed by atoms with Gasteiger partial charge in [0.05, 0.1) is 12.8 Å². The van der Waals surface area contributed by atoms with Gasteiger partial charge in [0.25, 0.3) is 0 Å². The predicted octanol–water partition coefficient (Wildman–Crippen LogP) is 1.46. The number of ether oxygens (including phenoxy) is 1. The Morgan fingerprint density at radius 2 is 1.93 bits per heavy atom. The van der Waals surface area contributed by atoms with Gasteiger partial charge in [-0.2, -0.15) is 0 Å². The molecule has 0 heterocycles. The normalized spacial score (nSPS) is 13.6. The van der Waals surface area contributed by atoms with Crippen molar-refractivity contribution in [2.45, 2.75) is 46.3 Å². The van der Waals surface area contributed by atoms with Gasteiger partial charge < -0.3 is 9.84 Å². The van der Waals surface area contributed by atoms with Crippen LogP contribution in [0.4, 0.5) is 0 Å². The molecule has 0 rings (SSSR count). The van der Waals surface area contributed by atoms with Crippen LogP contribution >= 0.6 is 0 Å². The van der Waals surface area contributed by atoms with Crippen molar-refractivity contribution in [3.8, 4) is 0 Å². The summed E-state index contributed by atoms with van der Waals surface area (Å²) < 4.78 is 5.23. The maximum atomic E-state index is 10.8. The summed E-state index contributed by atoms with van der Waals surface area (Å²) in [4.78, 5) is 10.8. The van der Waals surface area contributed by atoms with Gasteiger partial charge in [-0.25, -0.2) is 0 Å². The standard InChI is InChI=1S/C10H21NO3/c1-7(2)5-9(10(12)13)11-6-14-8(3)4/h7-9,11H,5-6H2,1-4H3,(H,12,13). The molecule has 0 aliphatic carbocycles. The monoisotopic (exact) mass is 203 g/mol. The van der Waals surface area contributed by atoms with E-state index >= 15 is 0 Å². The second-order valence-electron chi connectivity index (χ2n) is 4.08. The maximum absolute atomic E-state index is 10.8. The van der Waals surface area contributed by atoms with E-state index in [1.807, 2.05) is 27.7 Å². The SMILES string of the molecule is CC(C)CC(NCOC(C)C)C(=O)O. The zero-order valence-corrected chi connectivity index (χ0v) is 9.41. The Kier molecular flexibility index (Phi) is 6.49. The Balaban J connectivity index is 3.80. The van der Waals surface area contributed by atoms with Crippen molar-refractivity contribution >= 4 is 5.97 Å². The van der Waals surface area contributed by atoms with Gasteiger partial charge >= 0.3 is 5.97 Å². The molecule has 0 spiro atoms. The lowest BCUT2D eigenvalue weighted by atomic mass is 10.0. The summed E-state index contributed by atoms with van der Waals surface area (Å²) in [6.07, 6.45) is 0.743. The molecular formula is C10H21NO3. The molecule has 14 heavy (non-hydrogen) atoms. The van der Waals surface area contributed by atoms with Crippen molar-refractivity contribution < 1.29 is 14.6 Å². The number of hydrogen-bond acceptors (Lipinski definition) is 3. The van der Waals surface area contributed by atoms with Crippen LogP contribution in [0.2, 0.25) is 0 Å². The van der Waals surface area contributed by atoms with Gasteiger partial charge in [-0.1, -0.05) is 13.8 Å². The number of carboxylic acids is 1. The molecule has 84 valence electrons. The molecule has 0 aliphatic heterocycles. The van der Waals surface area contributed by atoms with Crippen LogP contribution in [-0.4, -0.2) is 30.0 Å². The first-order valence-electron chi connectivity index (χ1n) is 5.01. The van der Waals surface area contributed by atoms with Crippen molar-refractivity contribution in [1.29, 1.82) is 0 Å². The van der Waals surface area contributed by atoms with Crippen LogP contribution in [0.3, 0.4) is 0 Å². The molecule has 4 heteroatoms. The third-order valence-electron chi connectivity index (χ3n) is 1.75. The number of hydrogen-bond donors (Lipinski definition) is 2. The number of rotatable bonds is 7. The third-order valence-corrected chi connectivity index (χ3v) is 1.75. The fourth-order valence-electron chi connectivity index (χ4n) is 1.06. The summed E-state index contributed by atoms with van der Waals surface area (Å²) in [7, 11) is 0. The van der Waals surface area contributed by atoms with Gasteiger partial charge in [0.2, 0.25) is 0 Å². The van der Waals surface area contributed by atoms with E-state index in [0.717, 1.165) is 0 Å². The largest absolute Gasteiger partial charge is 0.480 e. The first kappa shape index (κ1) is 13.4. The fourth-order valence-corrected chi connectivity index (χ4v) is 1.06. The lowest BCUT2D eigenvalue weighted by molar-refractivity contribution is -0.140. The van der Waals surface area contributed by atoms with E-state index in [4.69, 9.17) is 9.84 Å². The van der Waals surface area contributed by atoms with Crippen molar-refractivity contribution in [2.24, 2.45) is 5.92 Å². The van der Waals surface area contributed by atoms with E-state index in [0.29, 0.717) is 19.1 Å². The van der Waals surface area contributed by atoms with Crippen LogP contribution in [0.25, 0.3) is 0 Å². The van der Waals surface area contributed by atoms with Crippen LogP contribution in [0.1, 0.15) is 34.1 Å². The number of nitrogens with one attached hydrogen (secondary N) is 1. The molecule has 0 radical (unpaired) electrons. The average Bonchev–Trinajstić information content (AvgIpc) is 2.00. The van der Waals surface area contributed by atoms with E-state index in [9.17, 15) is 4.79 Å². The minimum atomic E-state index is -0.814. The van der Waals surface area contributed by atoms with Crippen LogP contribution < -0.4 is 5.32 Å². The van der Waals surface area contributed by atoms with Gasteiger partial charge in [0.1, 0.15) is 6.04 Å². The highest BCUT2D eigenvalue weighted by atomic mass is 16.5. The topological polar surface area (TPSA) is 58.6 Å². The summed E-state index contributed by atoms with van der Waals surface area (Å²) in [5.74, 6) is -0.450. The van der Waals surface area contributed by atoms with Gasteiger partial charge in [0, 0.05) is 0 Å². The zero-order chi connectivity index (χ0) is 11.1. The molecule has 0 saturated carbocycles. The molecule has 0 saturated heterocycles. The van der Waals surface area contributed by atoms with E-state index in [1.165, 1.54) is 0 Å². The molecule has 0 aromatic heterocycles. The lowest BCUT2D eigenvalue weighted by Crippen LogP contribution is -2.39. The van der Waals surface area contributed by atoms with Crippen LogP contribution in [-0.2, 0) is 9.53 Å². The summed E-state index contributed by atoms with van der Waals surface area (Å²) in [6.45, 7) is 8.13. The van der Waals surface area contributed by atoms with E-state index in [1.54, 1.807) is 0 Å². The molecule has 1 atom stereocenters. The Hall–Kier alpha value is -0.610. The van der Waals surface area contributed by atoms with Crippen LogP contribution in [0.15, 0.2) is 0 Å². The molecule has 0 aliphatic rings. The summed E-state index contributed by atoms with van der Waals surface area (Å²) in [6, 6.07) is -0.506. The van der Waals surface area contributed by atoms with Crippen molar-refractivity contribution in [3.63, 3.8) is 0 Å². The first-order valence-corrected chi connectivity index (χ1v) is 5.01. The Morgan fingerprint density at radius 1 is 1.36 bits per heavy atom. The van der Waals surface area contributed by atoms with Gasteiger partial charge in [-0.3, -0.25) is 10.1 Å². The van der Waals surface area contributed by atoms with Crippen LogP contribution in [0, 0.1) is 5.92 Å². The second-order valence-corrected chi connectivity index (χ2v) is 4.08. The van der Waals surface area contributed by atoms with Gasteiger partial charge in [0.15, 0.2) is 0 Å². The third kappa shape index (κ3) is 6.86. The molecule has 1 unspecified atom stereocenters. The van der Waals surface area contributed by atoms with Crippen molar-refractivity contribution in [2.75, 3.05) is 6.73 Å². The minimum Gasteiger partial charge on any atom is -0.480 e. The molecule has 0 fully saturated rings. The number of carboxylic acid groups (broad SMARTS) is 1. The average molecular weight is 203 g/mol. The lowest BCUT2D eigenvalue weighted by Gasteiger charge is -2.17. The maximum Gasteiger partial charge on any atom is 0.320 e. The van der Waals surface area contributed by atoms with Crippen molar-refractivity contribution in [3.05, 3.63) is 0 Å². The van der Waals surface area contributed by atoms with Gasteiger partial charge in [-0.15, -0.1) is 0 Å². The first-order chi connectivity index (χ1) is 6.43. The van der Waals surface area contributed by atoms with Crippen LogP contribution in [0.5, 0.6) is 0 Å².